The third-order valence-electron chi connectivity index (χ3n) is 1.76. The average molecular weight is 212 g/mol. The van der Waals surface area contributed by atoms with Gasteiger partial charge in [0.05, 0.1) is 0 Å². The summed E-state index contributed by atoms with van der Waals surface area (Å²) in [5.41, 5.74) is 7.32. The van der Waals surface area contributed by atoms with Crippen LogP contribution in [-0.2, 0) is 9.63 Å². The summed E-state index contributed by atoms with van der Waals surface area (Å²) in [6.07, 6.45) is 0. The molecule has 0 radical (unpaired) electrons. The van der Waals surface area contributed by atoms with Gasteiger partial charge in [0.1, 0.15) is 12.6 Å². The SMILES string of the molecule is Nc1n[nH]c(C(=O)N[C@@H]2CONC2=O)n1. The molecule has 80 valence electrons. The van der Waals surface area contributed by atoms with Crippen LogP contribution in [0, 0.1) is 0 Å². The van der Waals surface area contributed by atoms with Gasteiger partial charge < -0.3 is 11.1 Å². The molecule has 2 rings (SSSR count). The normalized spacial score (nSPS) is 20.0. The lowest BCUT2D eigenvalue weighted by Gasteiger charge is -2.05. The van der Waals surface area contributed by atoms with Crippen LogP contribution in [0.4, 0.5) is 5.95 Å². The lowest BCUT2D eigenvalue weighted by atomic mass is 10.3. The highest BCUT2D eigenvalue weighted by atomic mass is 16.7. The van der Waals surface area contributed by atoms with Crippen LogP contribution < -0.4 is 16.5 Å². The molecular formula is C6H8N6O3. The number of hydroxylamine groups is 1. The second-order valence-electron chi connectivity index (χ2n) is 2.85. The van der Waals surface area contributed by atoms with E-state index in [2.05, 4.69) is 30.8 Å². The molecule has 1 aliphatic heterocycles. The Labute approximate surface area is 83.3 Å². The van der Waals surface area contributed by atoms with Crippen molar-refractivity contribution in [2.75, 3.05) is 12.3 Å². The number of nitrogens with two attached hydrogens (primary N) is 1. The van der Waals surface area contributed by atoms with Crippen molar-refractivity contribution < 1.29 is 14.4 Å². The fraction of sp³-hybridized carbons (Fsp3) is 0.333. The lowest BCUT2D eigenvalue weighted by Crippen LogP contribution is -2.42. The summed E-state index contributed by atoms with van der Waals surface area (Å²) in [6.45, 7) is 0.0776. The van der Waals surface area contributed by atoms with Crippen molar-refractivity contribution in [1.82, 2.24) is 26.0 Å². The minimum absolute atomic E-state index is 0.0349. The van der Waals surface area contributed by atoms with E-state index in [1.165, 1.54) is 0 Å². The molecule has 9 nitrogen and oxygen atoms in total. The van der Waals surface area contributed by atoms with E-state index in [4.69, 9.17) is 5.73 Å². The molecule has 1 aliphatic rings. The molecule has 2 amide bonds. The third kappa shape index (κ3) is 1.86. The molecule has 2 heterocycles. The second kappa shape index (κ2) is 3.53. The number of hydrogen-bond acceptors (Lipinski definition) is 6. The molecule has 0 bridgehead atoms. The fourth-order valence-corrected chi connectivity index (χ4v) is 1.05. The molecule has 15 heavy (non-hydrogen) atoms. The molecule has 0 spiro atoms. The van der Waals surface area contributed by atoms with Gasteiger partial charge in [-0.2, -0.15) is 4.98 Å². The van der Waals surface area contributed by atoms with Gasteiger partial charge in [0.2, 0.25) is 11.8 Å². The minimum Gasteiger partial charge on any atom is -0.366 e. The summed E-state index contributed by atoms with van der Waals surface area (Å²) >= 11 is 0. The number of aromatic nitrogens is 3. The first-order valence-electron chi connectivity index (χ1n) is 4.07. The Morgan fingerprint density at radius 3 is 3.00 bits per heavy atom. The number of nitrogens with one attached hydrogen (secondary N) is 3. The summed E-state index contributed by atoms with van der Waals surface area (Å²) in [4.78, 5) is 30.7. The van der Waals surface area contributed by atoms with Crippen LogP contribution in [0.5, 0.6) is 0 Å². The molecule has 5 N–H and O–H groups in total. The summed E-state index contributed by atoms with van der Waals surface area (Å²) in [6, 6.07) is -0.719. The predicted molar refractivity (Wildman–Crippen MR) is 46.1 cm³/mol. The first-order valence-corrected chi connectivity index (χ1v) is 4.07. The van der Waals surface area contributed by atoms with Crippen molar-refractivity contribution in [2.45, 2.75) is 6.04 Å². The van der Waals surface area contributed by atoms with Gasteiger partial charge in [-0.05, 0) is 0 Å². The summed E-state index contributed by atoms with van der Waals surface area (Å²) in [5, 5.41) is 8.20. The highest BCUT2D eigenvalue weighted by Gasteiger charge is 2.28. The monoisotopic (exact) mass is 212 g/mol. The van der Waals surface area contributed by atoms with E-state index in [1.807, 2.05) is 0 Å². The first-order chi connectivity index (χ1) is 7.16. The van der Waals surface area contributed by atoms with Crippen molar-refractivity contribution in [1.29, 1.82) is 0 Å². The van der Waals surface area contributed by atoms with Gasteiger partial charge in [0.25, 0.3) is 11.8 Å². The number of anilines is 1. The second-order valence-corrected chi connectivity index (χ2v) is 2.85. The van der Waals surface area contributed by atoms with E-state index < -0.39 is 17.9 Å². The van der Waals surface area contributed by atoms with E-state index in [0.29, 0.717) is 0 Å². The van der Waals surface area contributed by atoms with Gasteiger partial charge >= 0.3 is 0 Å². The average Bonchev–Trinajstić information content (AvgIpc) is 2.77. The molecule has 1 atom stereocenters. The Morgan fingerprint density at radius 1 is 1.67 bits per heavy atom. The number of H-pyrrole nitrogens is 1. The van der Waals surface area contributed by atoms with Crippen molar-refractivity contribution in [3.8, 4) is 0 Å². The Hall–Kier alpha value is -2.16. The van der Waals surface area contributed by atoms with Gasteiger partial charge in [0.15, 0.2) is 0 Å². The number of carbonyl (C=O) groups is 2. The van der Waals surface area contributed by atoms with E-state index in [-0.39, 0.29) is 18.4 Å². The van der Waals surface area contributed by atoms with Crippen molar-refractivity contribution in [2.24, 2.45) is 0 Å². The first kappa shape index (κ1) is 9.40. The maximum absolute atomic E-state index is 11.4. The van der Waals surface area contributed by atoms with Gasteiger partial charge in [-0.3, -0.25) is 19.5 Å². The molecule has 9 heteroatoms. The molecule has 1 aromatic heterocycles. The highest BCUT2D eigenvalue weighted by molar-refractivity contribution is 5.95. The van der Waals surface area contributed by atoms with Gasteiger partial charge in [-0.1, -0.05) is 0 Å². The van der Waals surface area contributed by atoms with Crippen molar-refractivity contribution in [3.05, 3.63) is 5.82 Å². The minimum atomic E-state index is -0.719. The number of carbonyl (C=O) groups excluding carboxylic acids is 2. The molecule has 1 fully saturated rings. The Kier molecular flexibility index (Phi) is 2.21. The Balaban J connectivity index is 2.00. The maximum atomic E-state index is 11.4. The van der Waals surface area contributed by atoms with Crippen LogP contribution in [0.25, 0.3) is 0 Å². The van der Waals surface area contributed by atoms with Gasteiger partial charge in [-0.15, -0.1) is 5.10 Å². The number of nitrogens with zero attached hydrogens (tertiary/aromatic N) is 2. The Morgan fingerprint density at radius 2 is 2.47 bits per heavy atom. The quantitative estimate of drug-likeness (QED) is 0.429. The van der Waals surface area contributed by atoms with E-state index in [9.17, 15) is 9.59 Å². The van der Waals surface area contributed by atoms with E-state index >= 15 is 0 Å². The predicted octanol–water partition coefficient (Wildman–Crippen LogP) is -2.45. The number of nitrogen functional groups attached to an aromatic ring is 1. The van der Waals surface area contributed by atoms with Crippen LogP contribution in [-0.4, -0.2) is 39.6 Å². The molecule has 1 saturated heterocycles. The van der Waals surface area contributed by atoms with Crippen LogP contribution in [0.2, 0.25) is 0 Å². The van der Waals surface area contributed by atoms with Gasteiger partial charge in [-0.25, -0.2) is 5.48 Å². The maximum Gasteiger partial charge on any atom is 0.289 e. The number of rotatable bonds is 2. The highest BCUT2D eigenvalue weighted by Crippen LogP contribution is 1.97. The van der Waals surface area contributed by atoms with Crippen molar-refractivity contribution in [3.63, 3.8) is 0 Å². The molecule has 0 unspecified atom stereocenters. The van der Waals surface area contributed by atoms with Crippen LogP contribution in [0.1, 0.15) is 10.6 Å². The number of aromatic amines is 1. The topological polar surface area (TPSA) is 135 Å². The summed E-state index contributed by atoms with van der Waals surface area (Å²) in [5.74, 6) is -1.06. The molecule has 0 aromatic carbocycles. The number of hydrogen-bond donors (Lipinski definition) is 4. The Bertz CT molecular complexity index is 401. The van der Waals surface area contributed by atoms with E-state index in [0.717, 1.165) is 0 Å². The summed E-state index contributed by atoms with van der Waals surface area (Å²) < 4.78 is 0. The zero-order valence-corrected chi connectivity index (χ0v) is 7.48. The van der Waals surface area contributed by atoms with Crippen molar-refractivity contribution >= 4 is 17.8 Å². The lowest BCUT2D eigenvalue weighted by molar-refractivity contribution is -0.125. The molecule has 0 aliphatic carbocycles. The zero-order chi connectivity index (χ0) is 10.8. The van der Waals surface area contributed by atoms with Gasteiger partial charge in [0, 0.05) is 0 Å². The zero-order valence-electron chi connectivity index (χ0n) is 7.48. The standard InChI is InChI=1S/C6H8N6O3/c7-6-9-3(10-11-6)5(14)8-2-1-15-12-4(2)13/h2H,1H2,(H,8,14)(H,12,13)(H3,7,9,10,11)/t2-/m1/s1. The molecule has 1 aromatic rings. The molecular weight excluding hydrogens is 204 g/mol. The smallest absolute Gasteiger partial charge is 0.289 e. The third-order valence-corrected chi connectivity index (χ3v) is 1.76. The van der Waals surface area contributed by atoms with Crippen LogP contribution in [0.3, 0.4) is 0 Å². The summed E-state index contributed by atoms with van der Waals surface area (Å²) in [7, 11) is 0. The molecule has 0 saturated carbocycles. The van der Waals surface area contributed by atoms with Crippen LogP contribution >= 0.6 is 0 Å². The largest absolute Gasteiger partial charge is 0.366 e. The van der Waals surface area contributed by atoms with Crippen LogP contribution in [0.15, 0.2) is 0 Å². The van der Waals surface area contributed by atoms with E-state index in [1.54, 1.807) is 0 Å². The fourth-order valence-electron chi connectivity index (χ4n) is 1.05. The number of amides is 2.